The quantitative estimate of drug-likeness (QED) is 0.703. The van der Waals surface area contributed by atoms with Crippen LogP contribution in [-0.4, -0.2) is 42.8 Å². The fraction of sp³-hybridized carbons (Fsp3) is 0.500. The van der Waals surface area contributed by atoms with Crippen LogP contribution >= 0.6 is 0 Å². The summed E-state index contributed by atoms with van der Waals surface area (Å²) in [6, 6.07) is 6.57. The van der Waals surface area contributed by atoms with Crippen LogP contribution in [0.15, 0.2) is 24.3 Å². The summed E-state index contributed by atoms with van der Waals surface area (Å²) in [5.74, 6) is -2.22. The van der Waals surface area contributed by atoms with Gasteiger partial charge in [0.25, 0.3) is 0 Å². The second-order valence-electron chi connectivity index (χ2n) is 6.59. The molecule has 26 heavy (non-hydrogen) atoms. The zero-order valence-corrected chi connectivity index (χ0v) is 14.7. The molecule has 3 amide bonds. The number of rotatable bonds is 4. The lowest BCUT2D eigenvalue weighted by atomic mass is 10.2. The molecule has 8 heteroatoms. The molecule has 1 aliphatic carbocycles. The van der Waals surface area contributed by atoms with E-state index >= 15 is 0 Å². The molecule has 1 spiro atoms. The van der Waals surface area contributed by atoms with E-state index in [1.54, 1.807) is 24.3 Å². The van der Waals surface area contributed by atoms with Crippen LogP contribution in [0.1, 0.15) is 32.6 Å². The van der Waals surface area contributed by atoms with E-state index in [0.29, 0.717) is 18.0 Å². The Bertz CT molecular complexity index is 700. The summed E-state index contributed by atoms with van der Waals surface area (Å²) < 4.78 is 11.6. The molecule has 0 unspecified atom stereocenters. The van der Waals surface area contributed by atoms with E-state index in [1.165, 1.54) is 6.92 Å². The highest BCUT2D eigenvalue weighted by atomic mass is 16.7. The molecular formula is C18H23N3O5. The van der Waals surface area contributed by atoms with Gasteiger partial charge in [-0.15, -0.1) is 0 Å². The Labute approximate surface area is 151 Å². The number of amides is 3. The van der Waals surface area contributed by atoms with Crippen molar-refractivity contribution >= 4 is 29.1 Å². The fourth-order valence-corrected chi connectivity index (χ4v) is 3.25. The maximum absolute atomic E-state index is 12.0. The molecule has 0 aromatic heterocycles. The van der Waals surface area contributed by atoms with Gasteiger partial charge in [-0.25, -0.2) is 0 Å². The van der Waals surface area contributed by atoms with Gasteiger partial charge in [-0.05, 0) is 31.0 Å². The third-order valence-electron chi connectivity index (χ3n) is 4.42. The van der Waals surface area contributed by atoms with Crippen LogP contribution in [0.3, 0.4) is 0 Å². The van der Waals surface area contributed by atoms with E-state index in [1.807, 2.05) is 0 Å². The van der Waals surface area contributed by atoms with Crippen molar-refractivity contribution in [1.29, 1.82) is 0 Å². The zero-order valence-electron chi connectivity index (χ0n) is 14.7. The first kappa shape index (κ1) is 18.3. The molecule has 3 rings (SSSR count). The molecule has 0 radical (unpaired) electrons. The van der Waals surface area contributed by atoms with Gasteiger partial charge in [-0.1, -0.05) is 6.07 Å². The van der Waals surface area contributed by atoms with E-state index in [2.05, 4.69) is 16.0 Å². The summed E-state index contributed by atoms with van der Waals surface area (Å²) in [5, 5.41) is 7.69. The highest BCUT2D eigenvalue weighted by Gasteiger charge is 2.43. The molecule has 3 N–H and O–H groups in total. The van der Waals surface area contributed by atoms with E-state index < -0.39 is 17.6 Å². The Hall–Kier alpha value is -2.45. The van der Waals surface area contributed by atoms with Gasteiger partial charge in [0.15, 0.2) is 5.79 Å². The van der Waals surface area contributed by atoms with Gasteiger partial charge in [0.2, 0.25) is 5.91 Å². The Kier molecular flexibility index (Phi) is 5.53. The van der Waals surface area contributed by atoms with Crippen molar-refractivity contribution in [1.82, 2.24) is 5.32 Å². The summed E-state index contributed by atoms with van der Waals surface area (Å²) in [7, 11) is 0. The lowest BCUT2D eigenvalue weighted by molar-refractivity contribution is -0.161. The molecule has 0 bridgehead atoms. The number of ether oxygens (including phenoxy) is 2. The van der Waals surface area contributed by atoms with E-state index in [-0.39, 0.29) is 18.6 Å². The minimum Gasteiger partial charge on any atom is -0.347 e. The number of nitrogens with one attached hydrogen (secondary N) is 3. The lowest BCUT2D eigenvalue weighted by Gasteiger charge is -2.21. The normalized spacial score (nSPS) is 20.7. The van der Waals surface area contributed by atoms with Crippen LogP contribution in [0.25, 0.3) is 0 Å². The molecule has 2 aliphatic rings. The Balaban J connectivity index is 1.46. The predicted octanol–water partition coefficient (Wildman–Crippen LogP) is 1.39. The molecule has 1 aromatic carbocycles. The van der Waals surface area contributed by atoms with Gasteiger partial charge in [0.1, 0.15) is 6.10 Å². The maximum Gasteiger partial charge on any atom is 0.313 e. The summed E-state index contributed by atoms with van der Waals surface area (Å²) in [4.78, 5) is 35.1. The average molecular weight is 361 g/mol. The fourth-order valence-electron chi connectivity index (χ4n) is 3.25. The number of anilines is 2. The van der Waals surface area contributed by atoms with Crippen molar-refractivity contribution in [3.05, 3.63) is 24.3 Å². The minimum absolute atomic E-state index is 0.218. The second-order valence-corrected chi connectivity index (χ2v) is 6.59. The number of benzene rings is 1. The Morgan fingerprint density at radius 3 is 2.50 bits per heavy atom. The van der Waals surface area contributed by atoms with Crippen molar-refractivity contribution in [2.24, 2.45) is 0 Å². The predicted molar refractivity (Wildman–Crippen MR) is 94.4 cm³/mol. The van der Waals surface area contributed by atoms with Crippen molar-refractivity contribution in [3.8, 4) is 0 Å². The largest absolute Gasteiger partial charge is 0.347 e. The molecule has 1 saturated carbocycles. The van der Waals surface area contributed by atoms with Crippen molar-refractivity contribution in [2.75, 3.05) is 23.8 Å². The molecule has 1 heterocycles. The lowest BCUT2D eigenvalue weighted by Crippen LogP contribution is -2.40. The SMILES string of the molecule is CC(=O)Nc1cccc(NC(=O)C(=O)NC[C@@H]2COC3(CCCC3)O2)c1. The summed E-state index contributed by atoms with van der Waals surface area (Å²) in [6.45, 7) is 2.03. The van der Waals surface area contributed by atoms with Gasteiger partial charge < -0.3 is 25.4 Å². The number of hydrogen-bond acceptors (Lipinski definition) is 5. The molecule has 1 saturated heterocycles. The molecule has 1 aromatic rings. The topological polar surface area (TPSA) is 106 Å². The molecule has 8 nitrogen and oxygen atoms in total. The van der Waals surface area contributed by atoms with Gasteiger partial charge in [0, 0.05) is 37.7 Å². The van der Waals surface area contributed by atoms with Gasteiger partial charge in [0.05, 0.1) is 6.61 Å². The van der Waals surface area contributed by atoms with Crippen molar-refractivity contribution in [3.63, 3.8) is 0 Å². The molecule has 1 aliphatic heterocycles. The first-order valence-electron chi connectivity index (χ1n) is 8.74. The Morgan fingerprint density at radius 2 is 1.81 bits per heavy atom. The zero-order chi connectivity index (χ0) is 18.6. The summed E-state index contributed by atoms with van der Waals surface area (Å²) in [5.41, 5.74) is 0.954. The number of carbonyl (C=O) groups is 3. The third kappa shape index (κ3) is 4.59. The minimum atomic E-state index is -0.778. The van der Waals surface area contributed by atoms with E-state index in [9.17, 15) is 14.4 Å². The van der Waals surface area contributed by atoms with Crippen LogP contribution < -0.4 is 16.0 Å². The van der Waals surface area contributed by atoms with Crippen molar-refractivity contribution < 1.29 is 23.9 Å². The van der Waals surface area contributed by atoms with Crippen LogP contribution in [0.5, 0.6) is 0 Å². The molecular weight excluding hydrogens is 338 g/mol. The second kappa shape index (κ2) is 7.84. The monoisotopic (exact) mass is 361 g/mol. The molecule has 1 atom stereocenters. The number of carbonyl (C=O) groups excluding carboxylic acids is 3. The van der Waals surface area contributed by atoms with Crippen LogP contribution in [-0.2, 0) is 23.9 Å². The van der Waals surface area contributed by atoms with Crippen LogP contribution in [0.4, 0.5) is 11.4 Å². The molecule has 140 valence electrons. The summed E-state index contributed by atoms with van der Waals surface area (Å²) >= 11 is 0. The smallest absolute Gasteiger partial charge is 0.313 e. The van der Waals surface area contributed by atoms with E-state index in [0.717, 1.165) is 25.7 Å². The first-order chi connectivity index (χ1) is 12.5. The van der Waals surface area contributed by atoms with Crippen molar-refractivity contribution in [2.45, 2.75) is 44.5 Å². The number of hydrogen-bond donors (Lipinski definition) is 3. The van der Waals surface area contributed by atoms with E-state index in [4.69, 9.17) is 9.47 Å². The summed E-state index contributed by atoms with van der Waals surface area (Å²) in [6.07, 6.45) is 3.68. The van der Waals surface area contributed by atoms with Gasteiger partial charge >= 0.3 is 11.8 Å². The maximum atomic E-state index is 12.0. The standard InChI is InChI=1S/C18H23N3O5/c1-12(22)20-13-5-4-6-14(9-13)21-17(24)16(23)19-10-15-11-25-18(26-15)7-2-3-8-18/h4-6,9,15H,2-3,7-8,10-11H2,1H3,(H,19,23)(H,20,22)(H,21,24)/t15-/m1/s1. The highest BCUT2D eigenvalue weighted by Crippen LogP contribution is 2.38. The van der Waals surface area contributed by atoms with Gasteiger partial charge in [-0.3, -0.25) is 14.4 Å². The first-order valence-corrected chi connectivity index (χ1v) is 8.74. The Morgan fingerprint density at radius 1 is 1.12 bits per heavy atom. The highest BCUT2D eigenvalue weighted by molar-refractivity contribution is 6.39. The van der Waals surface area contributed by atoms with Crippen LogP contribution in [0.2, 0.25) is 0 Å². The third-order valence-corrected chi connectivity index (χ3v) is 4.42. The van der Waals surface area contributed by atoms with Gasteiger partial charge in [-0.2, -0.15) is 0 Å². The van der Waals surface area contributed by atoms with Crippen LogP contribution in [0, 0.1) is 0 Å². The molecule has 2 fully saturated rings. The average Bonchev–Trinajstić information content (AvgIpc) is 3.22.